The minimum Gasteiger partial charge on any atom is -0.496 e. The Morgan fingerprint density at radius 1 is 1.06 bits per heavy atom. The third kappa shape index (κ3) is 5.88. The molecule has 1 aliphatic heterocycles. The van der Waals surface area contributed by atoms with Crippen LogP contribution in [-0.2, 0) is 16.2 Å². The second-order valence-electron chi connectivity index (χ2n) is 7.67. The van der Waals surface area contributed by atoms with Crippen molar-refractivity contribution in [3.63, 3.8) is 0 Å². The van der Waals surface area contributed by atoms with Crippen molar-refractivity contribution in [2.24, 2.45) is 5.16 Å². The minimum absolute atomic E-state index is 0.113. The highest BCUT2D eigenvalue weighted by molar-refractivity contribution is 6.03. The zero-order valence-electron chi connectivity index (χ0n) is 18.3. The van der Waals surface area contributed by atoms with Gasteiger partial charge in [-0.15, -0.1) is 0 Å². The number of nitrogens with zero attached hydrogens (tertiary/aromatic N) is 2. The highest BCUT2D eigenvalue weighted by atomic mass is 19.1. The molecule has 3 aromatic rings. The van der Waals surface area contributed by atoms with Crippen LogP contribution < -0.4 is 9.47 Å². The summed E-state index contributed by atoms with van der Waals surface area (Å²) in [6.07, 6.45) is 0.221. The predicted molar refractivity (Wildman–Crippen MR) is 123 cm³/mol. The predicted octanol–water partition coefficient (Wildman–Crippen LogP) is 4.44. The van der Waals surface area contributed by atoms with Gasteiger partial charge in [0.25, 0.3) is 5.91 Å². The average molecular weight is 448 g/mol. The molecule has 1 aliphatic rings. The zero-order chi connectivity index (χ0) is 23.0. The van der Waals surface area contributed by atoms with Crippen LogP contribution in [0.5, 0.6) is 11.5 Å². The molecule has 0 fully saturated rings. The zero-order valence-corrected chi connectivity index (χ0v) is 18.3. The van der Waals surface area contributed by atoms with Crippen molar-refractivity contribution in [2.75, 3.05) is 20.3 Å². The lowest BCUT2D eigenvalue weighted by molar-refractivity contribution is -0.135. The fourth-order valence-corrected chi connectivity index (χ4v) is 3.63. The molecule has 0 N–H and O–H groups in total. The Kier molecular flexibility index (Phi) is 7.19. The second kappa shape index (κ2) is 10.6. The SMILES string of the molecule is COc1ccccc1C1=NOC(CN(Cc2ccc(F)cc2)C(=O)COc2ccccc2)C1. The van der Waals surface area contributed by atoms with Gasteiger partial charge in [0.05, 0.1) is 19.4 Å². The van der Waals surface area contributed by atoms with Crippen molar-refractivity contribution in [3.8, 4) is 11.5 Å². The quantitative estimate of drug-likeness (QED) is 0.486. The van der Waals surface area contributed by atoms with E-state index in [1.54, 1.807) is 36.3 Å². The van der Waals surface area contributed by atoms with E-state index in [2.05, 4.69) is 5.16 Å². The summed E-state index contributed by atoms with van der Waals surface area (Å²) >= 11 is 0. The summed E-state index contributed by atoms with van der Waals surface area (Å²) in [7, 11) is 1.61. The van der Waals surface area contributed by atoms with Crippen LogP contribution in [0.3, 0.4) is 0 Å². The van der Waals surface area contributed by atoms with E-state index < -0.39 is 0 Å². The largest absolute Gasteiger partial charge is 0.496 e. The maximum atomic E-state index is 13.3. The number of hydrogen-bond acceptors (Lipinski definition) is 5. The van der Waals surface area contributed by atoms with Gasteiger partial charge in [-0.3, -0.25) is 4.79 Å². The van der Waals surface area contributed by atoms with Gasteiger partial charge in [0.1, 0.15) is 17.3 Å². The minimum atomic E-state index is -0.321. The molecule has 3 aromatic carbocycles. The Bertz CT molecular complexity index is 1100. The first kappa shape index (κ1) is 22.3. The molecule has 1 heterocycles. The molecule has 0 saturated heterocycles. The number of halogens is 1. The first-order chi connectivity index (χ1) is 16.1. The van der Waals surface area contributed by atoms with Crippen molar-refractivity contribution in [3.05, 3.63) is 95.8 Å². The van der Waals surface area contributed by atoms with Crippen LogP contribution in [0.2, 0.25) is 0 Å². The number of carbonyl (C=O) groups is 1. The molecule has 0 spiro atoms. The van der Waals surface area contributed by atoms with Gasteiger partial charge in [-0.1, -0.05) is 47.6 Å². The average Bonchev–Trinajstić information content (AvgIpc) is 3.32. The molecule has 33 heavy (non-hydrogen) atoms. The van der Waals surface area contributed by atoms with E-state index in [4.69, 9.17) is 14.3 Å². The number of methoxy groups -OCH3 is 1. The van der Waals surface area contributed by atoms with Gasteiger partial charge in [-0.05, 0) is 42.0 Å². The summed E-state index contributed by atoms with van der Waals surface area (Å²) in [5.41, 5.74) is 2.45. The van der Waals surface area contributed by atoms with E-state index in [9.17, 15) is 9.18 Å². The normalized spacial score (nSPS) is 14.8. The summed E-state index contributed by atoms with van der Waals surface area (Å²) in [6.45, 7) is 0.510. The van der Waals surface area contributed by atoms with Gasteiger partial charge in [-0.25, -0.2) is 4.39 Å². The highest BCUT2D eigenvalue weighted by Gasteiger charge is 2.28. The maximum absolute atomic E-state index is 13.3. The number of amides is 1. The van der Waals surface area contributed by atoms with Crippen LogP contribution in [0.4, 0.5) is 4.39 Å². The molecule has 7 heteroatoms. The molecular weight excluding hydrogens is 423 g/mol. The fraction of sp³-hybridized carbons (Fsp3) is 0.231. The monoisotopic (exact) mass is 448 g/mol. The molecule has 0 saturated carbocycles. The van der Waals surface area contributed by atoms with Crippen molar-refractivity contribution >= 4 is 11.6 Å². The first-order valence-corrected chi connectivity index (χ1v) is 10.7. The number of hydrogen-bond donors (Lipinski definition) is 0. The number of rotatable bonds is 9. The third-order valence-corrected chi connectivity index (χ3v) is 5.32. The van der Waals surface area contributed by atoms with Crippen LogP contribution in [0, 0.1) is 5.82 Å². The summed E-state index contributed by atoms with van der Waals surface area (Å²) < 4.78 is 24.4. The summed E-state index contributed by atoms with van der Waals surface area (Å²) in [5.74, 6) is 0.818. The molecule has 0 bridgehead atoms. The van der Waals surface area contributed by atoms with Crippen LogP contribution in [0.25, 0.3) is 0 Å². The van der Waals surface area contributed by atoms with E-state index >= 15 is 0 Å². The van der Waals surface area contributed by atoms with Crippen molar-refractivity contribution in [1.29, 1.82) is 0 Å². The molecule has 0 aromatic heterocycles. The Hall–Kier alpha value is -3.87. The first-order valence-electron chi connectivity index (χ1n) is 10.7. The van der Waals surface area contributed by atoms with E-state index in [1.165, 1.54) is 12.1 Å². The van der Waals surface area contributed by atoms with Gasteiger partial charge >= 0.3 is 0 Å². The van der Waals surface area contributed by atoms with E-state index in [-0.39, 0.29) is 24.4 Å². The van der Waals surface area contributed by atoms with Gasteiger partial charge in [0, 0.05) is 18.5 Å². The Morgan fingerprint density at radius 3 is 2.55 bits per heavy atom. The number of ether oxygens (including phenoxy) is 2. The number of benzene rings is 3. The number of carbonyl (C=O) groups excluding carboxylic acids is 1. The Labute approximate surface area is 192 Å². The van der Waals surface area contributed by atoms with Crippen molar-refractivity contribution in [2.45, 2.75) is 19.1 Å². The van der Waals surface area contributed by atoms with Gasteiger partial charge < -0.3 is 19.2 Å². The number of oxime groups is 1. The van der Waals surface area contributed by atoms with Crippen molar-refractivity contribution in [1.82, 2.24) is 4.90 Å². The lowest BCUT2D eigenvalue weighted by Crippen LogP contribution is -2.40. The molecule has 0 radical (unpaired) electrons. The van der Waals surface area contributed by atoms with Gasteiger partial charge in [0.2, 0.25) is 0 Å². The standard InChI is InChI=1S/C26H25FN2O4/c1-31-25-10-6-5-9-23(25)24-15-22(33-28-24)17-29(16-19-11-13-20(27)14-12-19)26(30)18-32-21-7-3-2-4-8-21/h2-14,22H,15-18H2,1H3. The molecule has 1 unspecified atom stereocenters. The molecule has 1 atom stereocenters. The van der Waals surface area contributed by atoms with Crippen LogP contribution in [0.15, 0.2) is 84.0 Å². The lowest BCUT2D eigenvalue weighted by atomic mass is 10.0. The topological polar surface area (TPSA) is 60.4 Å². The van der Waals surface area contributed by atoms with Gasteiger partial charge in [-0.2, -0.15) is 0 Å². The second-order valence-corrected chi connectivity index (χ2v) is 7.67. The van der Waals surface area contributed by atoms with Crippen LogP contribution in [-0.4, -0.2) is 42.9 Å². The Balaban J connectivity index is 1.44. The van der Waals surface area contributed by atoms with E-state index in [0.717, 1.165) is 22.6 Å². The smallest absolute Gasteiger partial charge is 0.260 e. The van der Waals surface area contributed by atoms with E-state index in [0.29, 0.717) is 25.3 Å². The maximum Gasteiger partial charge on any atom is 0.260 e. The van der Waals surface area contributed by atoms with E-state index in [1.807, 2.05) is 42.5 Å². The molecule has 4 rings (SSSR count). The highest BCUT2D eigenvalue weighted by Crippen LogP contribution is 2.25. The van der Waals surface area contributed by atoms with Crippen molar-refractivity contribution < 1.29 is 23.5 Å². The molecule has 0 aliphatic carbocycles. The molecular formula is C26H25FN2O4. The molecule has 1 amide bonds. The lowest BCUT2D eigenvalue weighted by Gasteiger charge is -2.25. The van der Waals surface area contributed by atoms with Gasteiger partial charge in [0.15, 0.2) is 12.7 Å². The molecule has 6 nitrogen and oxygen atoms in total. The third-order valence-electron chi connectivity index (χ3n) is 5.32. The molecule has 170 valence electrons. The summed E-state index contributed by atoms with van der Waals surface area (Å²) in [4.78, 5) is 20.4. The van der Waals surface area contributed by atoms with Crippen LogP contribution in [0.1, 0.15) is 17.5 Å². The van der Waals surface area contributed by atoms with Crippen LogP contribution >= 0.6 is 0 Å². The fourth-order valence-electron chi connectivity index (χ4n) is 3.63. The summed E-state index contributed by atoms with van der Waals surface area (Å²) in [6, 6.07) is 22.9. The summed E-state index contributed by atoms with van der Waals surface area (Å²) in [5, 5.41) is 4.24. The Morgan fingerprint density at radius 2 is 1.79 bits per heavy atom. The number of para-hydroxylation sites is 2.